The van der Waals surface area contributed by atoms with Crippen LogP contribution in [0.1, 0.15) is 0 Å². The molecule has 0 aromatic carbocycles. The summed E-state index contributed by atoms with van der Waals surface area (Å²) in [5, 5.41) is 8.67. The molecule has 0 aromatic heterocycles. The van der Waals surface area contributed by atoms with E-state index in [4.69, 9.17) is 26.3 Å². The Balaban J connectivity index is 2.09. The van der Waals surface area contributed by atoms with Gasteiger partial charge in [0.2, 0.25) is 0 Å². The van der Waals surface area contributed by atoms with Gasteiger partial charge in [0.15, 0.2) is 6.10 Å². The predicted molar refractivity (Wildman–Crippen MR) is 53.3 cm³/mol. The van der Waals surface area contributed by atoms with Crippen molar-refractivity contribution in [3.63, 3.8) is 0 Å². The molecule has 1 unspecified atom stereocenters. The lowest BCUT2D eigenvalue weighted by atomic mass is 10.3. The van der Waals surface area contributed by atoms with Crippen LogP contribution in [0.4, 0.5) is 0 Å². The molecule has 80 valence electrons. The summed E-state index contributed by atoms with van der Waals surface area (Å²) in [6.45, 7) is 4.30. The second-order valence-corrected chi connectivity index (χ2v) is 3.47. The minimum atomic E-state index is -0.281. The number of hydrogen-bond acceptors (Lipinski definition) is 4. The maximum atomic E-state index is 8.67. The second kappa shape index (κ2) is 7.02. The lowest BCUT2D eigenvalue weighted by Gasteiger charge is -2.29. The number of alkyl halides is 1. The van der Waals surface area contributed by atoms with Gasteiger partial charge in [-0.3, -0.25) is 4.90 Å². The van der Waals surface area contributed by atoms with Crippen molar-refractivity contribution in [2.45, 2.75) is 6.10 Å². The van der Waals surface area contributed by atoms with E-state index in [0.29, 0.717) is 32.2 Å². The first-order valence-electron chi connectivity index (χ1n) is 4.74. The fourth-order valence-electron chi connectivity index (χ4n) is 1.33. The van der Waals surface area contributed by atoms with Crippen molar-refractivity contribution in [1.82, 2.24) is 4.90 Å². The van der Waals surface area contributed by atoms with Gasteiger partial charge in [-0.25, -0.2) is 0 Å². The van der Waals surface area contributed by atoms with Gasteiger partial charge >= 0.3 is 0 Å². The van der Waals surface area contributed by atoms with Gasteiger partial charge in [0.05, 0.1) is 25.9 Å². The summed E-state index contributed by atoms with van der Waals surface area (Å²) in [4.78, 5) is 2.17. The van der Waals surface area contributed by atoms with E-state index < -0.39 is 0 Å². The summed E-state index contributed by atoms with van der Waals surface area (Å²) in [6.07, 6.45) is -0.281. The smallest absolute Gasteiger partial charge is 0.156 e. The van der Waals surface area contributed by atoms with Crippen molar-refractivity contribution in [3.05, 3.63) is 0 Å². The topological polar surface area (TPSA) is 45.5 Å². The number of nitriles is 1. The van der Waals surface area contributed by atoms with Gasteiger partial charge in [0.1, 0.15) is 0 Å². The van der Waals surface area contributed by atoms with Crippen molar-refractivity contribution in [3.8, 4) is 6.07 Å². The summed E-state index contributed by atoms with van der Waals surface area (Å²) in [5.41, 5.74) is 0. The molecule has 5 heteroatoms. The lowest BCUT2D eigenvalue weighted by Crippen LogP contribution is -2.43. The molecule has 1 saturated heterocycles. The van der Waals surface area contributed by atoms with Crippen LogP contribution in [-0.4, -0.2) is 56.3 Å². The van der Waals surface area contributed by atoms with Crippen LogP contribution in [-0.2, 0) is 9.47 Å². The first-order valence-corrected chi connectivity index (χ1v) is 5.27. The van der Waals surface area contributed by atoms with Crippen molar-refractivity contribution >= 4 is 11.6 Å². The molecular weight excluding hydrogens is 204 g/mol. The van der Waals surface area contributed by atoms with Crippen LogP contribution in [0, 0.1) is 11.3 Å². The van der Waals surface area contributed by atoms with Crippen molar-refractivity contribution in [2.75, 3.05) is 45.3 Å². The molecule has 0 aromatic rings. The van der Waals surface area contributed by atoms with E-state index in [1.165, 1.54) is 0 Å². The molecule has 0 aliphatic carbocycles. The maximum Gasteiger partial charge on any atom is 0.156 e. The van der Waals surface area contributed by atoms with E-state index in [9.17, 15) is 0 Å². The van der Waals surface area contributed by atoms with E-state index in [0.717, 1.165) is 13.1 Å². The molecule has 14 heavy (non-hydrogen) atoms. The molecule has 1 aliphatic heterocycles. The van der Waals surface area contributed by atoms with Gasteiger partial charge in [0.25, 0.3) is 0 Å². The SMILES string of the molecule is N#CC1CN(CCOCCCl)CCO1. The minimum absolute atomic E-state index is 0.281. The van der Waals surface area contributed by atoms with E-state index in [1.54, 1.807) is 0 Å². The first-order chi connectivity index (χ1) is 6.86. The number of halogens is 1. The zero-order valence-corrected chi connectivity index (χ0v) is 8.87. The molecule has 0 saturated carbocycles. The Kier molecular flexibility index (Phi) is 5.88. The number of ether oxygens (including phenoxy) is 2. The number of hydrogen-bond donors (Lipinski definition) is 0. The Morgan fingerprint density at radius 2 is 2.43 bits per heavy atom. The lowest BCUT2D eigenvalue weighted by molar-refractivity contribution is -0.00958. The third-order valence-electron chi connectivity index (χ3n) is 2.07. The highest BCUT2D eigenvalue weighted by Crippen LogP contribution is 2.03. The average Bonchev–Trinajstić information content (AvgIpc) is 2.25. The van der Waals surface area contributed by atoms with Crippen LogP contribution in [0.25, 0.3) is 0 Å². The maximum absolute atomic E-state index is 8.67. The standard InChI is InChI=1S/C9H15ClN2O2/c10-1-4-13-5-2-12-3-6-14-9(7-11)8-12/h9H,1-6,8H2. The monoisotopic (exact) mass is 218 g/mol. The summed E-state index contributed by atoms with van der Waals surface area (Å²) < 4.78 is 10.5. The Labute approximate surface area is 89.3 Å². The largest absolute Gasteiger partial charge is 0.379 e. The molecule has 1 rings (SSSR count). The molecule has 1 fully saturated rings. The molecule has 0 spiro atoms. The number of nitrogens with zero attached hydrogens (tertiary/aromatic N) is 2. The van der Waals surface area contributed by atoms with E-state index in [-0.39, 0.29) is 6.10 Å². The van der Waals surface area contributed by atoms with Gasteiger partial charge in [0, 0.05) is 25.5 Å². The fraction of sp³-hybridized carbons (Fsp3) is 0.889. The van der Waals surface area contributed by atoms with Crippen LogP contribution in [0.2, 0.25) is 0 Å². The highest BCUT2D eigenvalue weighted by Gasteiger charge is 2.18. The minimum Gasteiger partial charge on any atom is -0.379 e. The van der Waals surface area contributed by atoms with E-state index in [1.807, 2.05) is 0 Å². The van der Waals surface area contributed by atoms with Crippen LogP contribution in [0.3, 0.4) is 0 Å². The second-order valence-electron chi connectivity index (χ2n) is 3.09. The molecular formula is C9H15ClN2O2. The fourth-order valence-corrected chi connectivity index (χ4v) is 1.44. The number of rotatable bonds is 5. The molecule has 1 atom stereocenters. The third-order valence-corrected chi connectivity index (χ3v) is 2.22. The molecule has 0 N–H and O–H groups in total. The van der Waals surface area contributed by atoms with Crippen molar-refractivity contribution in [1.29, 1.82) is 5.26 Å². The first kappa shape index (κ1) is 11.7. The van der Waals surface area contributed by atoms with Crippen LogP contribution in [0.15, 0.2) is 0 Å². The van der Waals surface area contributed by atoms with E-state index >= 15 is 0 Å². The van der Waals surface area contributed by atoms with Crippen molar-refractivity contribution < 1.29 is 9.47 Å². The van der Waals surface area contributed by atoms with Crippen molar-refractivity contribution in [2.24, 2.45) is 0 Å². The molecule has 4 nitrogen and oxygen atoms in total. The van der Waals surface area contributed by atoms with Gasteiger partial charge in [-0.05, 0) is 0 Å². The predicted octanol–water partition coefficient (Wildman–Crippen LogP) is 0.466. The normalized spacial score (nSPS) is 23.3. The van der Waals surface area contributed by atoms with Gasteiger partial charge < -0.3 is 9.47 Å². The third kappa shape index (κ3) is 4.25. The zero-order valence-electron chi connectivity index (χ0n) is 8.12. The molecule has 0 radical (unpaired) electrons. The summed E-state index contributed by atoms with van der Waals surface area (Å²) in [6, 6.07) is 2.11. The van der Waals surface area contributed by atoms with E-state index in [2.05, 4.69) is 11.0 Å². The average molecular weight is 219 g/mol. The highest BCUT2D eigenvalue weighted by molar-refractivity contribution is 6.17. The number of morpholine rings is 1. The molecule has 0 bridgehead atoms. The Hall–Kier alpha value is -0.340. The Bertz CT molecular complexity index is 196. The van der Waals surface area contributed by atoms with Gasteiger partial charge in [-0.15, -0.1) is 11.6 Å². The Morgan fingerprint density at radius 3 is 3.14 bits per heavy atom. The Morgan fingerprint density at radius 1 is 1.57 bits per heavy atom. The molecule has 1 heterocycles. The quantitative estimate of drug-likeness (QED) is 0.497. The molecule has 0 amide bonds. The summed E-state index contributed by atoms with van der Waals surface area (Å²) in [5.74, 6) is 0.532. The van der Waals surface area contributed by atoms with Gasteiger partial charge in [-0.2, -0.15) is 5.26 Å². The zero-order chi connectivity index (χ0) is 10.2. The van der Waals surface area contributed by atoms with Crippen LogP contribution in [0.5, 0.6) is 0 Å². The van der Waals surface area contributed by atoms with Crippen LogP contribution >= 0.6 is 11.6 Å². The summed E-state index contributed by atoms with van der Waals surface area (Å²) >= 11 is 5.47. The molecule has 1 aliphatic rings. The summed E-state index contributed by atoms with van der Waals surface area (Å²) in [7, 11) is 0. The highest BCUT2D eigenvalue weighted by atomic mass is 35.5. The van der Waals surface area contributed by atoms with Crippen LogP contribution < -0.4 is 0 Å². The van der Waals surface area contributed by atoms with Gasteiger partial charge in [-0.1, -0.05) is 0 Å².